The van der Waals surface area contributed by atoms with Crippen molar-refractivity contribution in [3.8, 4) is 0 Å². The van der Waals surface area contributed by atoms with Gasteiger partial charge in [-0.1, -0.05) is 82.3 Å². The van der Waals surface area contributed by atoms with Crippen LogP contribution in [-0.2, 0) is 28.9 Å². The van der Waals surface area contributed by atoms with E-state index in [1.165, 1.54) is 44.4 Å². The Bertz CT molecular complexity index is 1670. The molecule has 12 heteroatoms. The third-order valence-electron chi connectivity index (χ3n) is 6.29. The van der Waals surface area contributed by atoms with Crippen molar-refractivity contribution in [3.63, 3.8) is 0 Å². The van der Waals surface area contributed by atoms with Crippen molar-refractivity contribution in [1.29, 1.82) is 0 Å². The molecule has 3 heterocycles. The van der Waals surface area contributed by atoms with Crippen LogP contribution in [0.5, 0.6) is 0 Å². The summed E-state index contributed by atoms with van der Waals surface area (Å²) in [6.07, 6.45) is 1.25. The highest BCUT2D eigenvalue weighted by atomic mass is 32.2. The van der Waals surface area contributed by atoms with Crippen molar-refractivity contribution < 1.29 is 17.6 Å². The number of rotatable bonds is 8. The Morgan fingerprint density at radius 1 is 1.05 bits per heavy atom. The van der Waals surface area contributed by atoms with E-state index in [1.807, 2.05) is 56.5 Å². The van der Waals surface area contributed by atoms with Gasteiger partial charge < -0.3 is 14.3 Å². The maximum absolute atomic E-state index is 12.9. The monoisotopic (exact) mass is 626 g/mol. The maximum Gasteiger partial charge on any atom is 0.327 e. The number of benzene rings is 2. The van der Waals surface area contributed by atoms with Crippen LogP contribution in [0.4, 0.5) is 10.6 Å². The molecule has 1 N–H and O–H groups in total. The first kappa shape index (κ1) is 33.9. The van der Waals surface area contributed by atoms with Gasteiger partial charge in [-0.05, 0) is 37.6 Å². The van der Waals surface area contributed by atoms with Crippen molar-refractivity contribution in [2.75, 3.05) is 19.0 Å². The summed E-state index contributed by atoms with van der Waals surface area (Å²) in [5.74, 6) is 1.73. The number of hydrogen-bond acceptors (Lipinski definition) is 7. The van der Waals surface area contributed by atoms with Crippen molar-refractivity contribution in [3.05, 3.63) is 71.7 Å². The van der Waals surface area contributed by atoms with Gasteiger partial charge in [-0.3, -0.25) is 4.90 Å². The lowest BCUT2D eigenvalue weighted by Gasteiger charge is -2.28. The third-order valence-corrected chi connectivity index (χ3v) is 8.93. The minimum Gasteiger partial charge on any atom is -0.431 e. The minimum atomic E-state index is -3.58. The number of aryl methyl sites for hydroxylation is 1. The topological polar surface area (TPSA) is 114 Å². The second kappa shape index (κ2) is 14.7. The van der Waals surface area contributed by atoms with Crippen molar-refractivity contribution in [2.45, 2.75) is 76.9 Å². The van der Waals surface area contributed by atoms with Crippen molar-refractivity contribution >= 4 is 50.4 Å². The smallest absolute Gasteiger partial charge is 0.327 e. The molecule has 4 aromatic rings. The molecule has 2 amide bonds. The van der Waals surface area contributed by atoms with Crippen LogP contribution in [-0.4, -0.2) is 47.4 Å². The number of amides is 2. The lowest BCUT2D eigenvalue weighted by molar-refractivity contribution is 0.249. The Balaban J connectivity index is 0.000000953. The van der Waals surface area contributed by atoms with Gasteiger partial charge in [0.1, 0.15) is 17.0 Å². The number of nitrogens with one attached hydrogen (secondary N) is 1. The number of urea groups is 1. The van der Waals surface area contributed by atoms with E-state index in [2.05, 4.69) is 30.7 Å². The summed E-state index contributed by atoms with van der Waals surface area (Å²) < 4.78 is 34.0. The van der Waals surface area contributed by atoms with E-state index in [9.17, 15) is 13.2 Å². The fourth-order valence-corrected chi connectivity index (χ4v) is 5.95. The summed E-state index contributed by atoms with van der Waals surface area (Å²) in [6.45, 7) is 17.3. The molecule has 0 unspecified atom stereocenters. The largest absolute Gasteiger partial charge is 0.431 e. The number of imidazole rings is 1. The summed E-state index contributed by atoms with van der Waals surface area (Å²) in [5, 5.41) is 3.26. The summed E-state index contributed by atoms with van der Waals surface area (Å²) in [7, 11) is -0.610. The number of oxazole rings is 1. The minimum absolute atomic E-state index is 0.151. The quantitative estimate of drug-likeness (QED) is 0.209. The van der Waals surface area contributed by atoms with E-state index in [1.54, 1.807) is 11.0 Å². The number of fused-ring (bicyclic) bond motifs is 2. The summed E-state index contributed by atoms with van der Waals surface area (Å²) in [5.41, 5.74) is 4.37. The Labute approximate surface area is 259 Å². The van der Waals surface area contributed by atoms with Gasteiger partial charge >= 0.3 is 6.03 Å². The Kier molecular flexibility index (Phi) is 11.6. The molecule has 0 spiro atoms. The summed E-state index contributed by atoms with van der Waals surface area (Å²) in [6, 6.07) is 12.4. The van der Waals surface area contributed by atoms with Gasteiger partial charge in [-0.2, -0.15) is 0 Å². The number of aromatic nitrogens is 3. The van der Waals surface area contributed by atoms with Crippen LogP contribution in [0.1, 0.15) is 63.7 Å². The average molecular weight is 627 g/mol. The van der Waals surface area contributed by atoms with Crippen LogP contribution >= 0.6 is 11.8 Å². The lowest BCUT2D eigenvalue weighted by atomic mass is 10.1. The average Bonchev–Trinajstić information content (AvgIpc) is 3.57. The van der Waals surface area contributed by atoms with Crippen LogP contribution in [0.25, 0.3) is 16.8 Å². The van der Waals surface area contributed by atoms with Crippen molar-refractivity contribution in [2.24, 2.45) is 0 Å². The molecular formula is C31H42N6O4S2. The first-order chi connectivity index (χ1) is 20.5. The Hall–Kier alpha value is -3.61. The molecule has 0 fully saturated rings. The lowest BCUT2D eigenvalue weighted by Crippen LogP contribution is -2.43. The highest BCUT2D eigenvalue weighted by molar-refractivity contribution is 7.98. The van der Waals surface area contributed by atoms with Gasteiger partial charge in [0.2, 0.25) is 10.0 Å². The first-order valence-electron chi connectivity index (χ1n) is 14.4. The van der Waals surface area contributed by atoms with Crippen LogP contribution in [0.2, 0.25) is 0 Å². The van der Waals surface area contributed by atoms with Crippen LogP contribution in [0.15, 0.2) is 63.6 Å². The zero-order chi connectivity index (χ0) is 31.9. The molecule has 5 rings (SSSR count). The molecule has 2 aromatic carbocycles. The standard InChI is InChI=1S/C26H28N6O4S2.C3H8.C2H6/c1-6-31-22(15-37-26-28-20-13-19(11-12-21(20)36-26)38(34,35)30(4)5)29-24-23(31)17(3)27-25(33)32(24)14-18-9-7-16(2)8-10-18;1-3-2;1-2/h7-13H,3,6,14-15H2,1-2,4-5H3,(H,27,33);3H2,1-2H3;1-2H3. The van der Waals surface area contributed by atoms with E-state index in [0.29, 0.717) is 46.7 Å². The molecule has 1 aliphatic rings. The highest BCUT2D eigenvalue weighted by Gasteiger charge is 2.32. The van der Waals surface area contributed by atoms with E-state index >= 15 is 0 Å². The zero-order valence-corrected chi connectivity index (χ0v) is 27.9. The van der Waals surface area contributed by atoms with Crippen molar-refractivity contribution in [1.82, 2.24) is 24.2 Å². The summed E-state index contributed by atoms with van der Waals surface area (Å²) >= 11 is 1.35. The molecule has 232 valence electrons. The maximum atomic E-state index is 12.9. The Morgan fingerprint density at radius 2 is 1.70 bits per heavy atom. The van der Waals surface area contributed by atoms with Crippen LogP contribution in [0, 0.1) is 6.92 Å². The molecule has 2 aromatic heterocycles. The van der Waals surface area contributed by atoms with Gasteiger partial charge in [0.05, 0.1) is 22.9 Å². The fourth-order valence-electron chi connectivity index (χ4n) is 4.24. The van der Waals surface area contributed by atoms with Crippen LogP contribution in [0.3, 0.4) is 0 Å². The number of nitrogens with zero attached hydrogens (tertiary/aromatic N) is 5. The molecule has 0 saturated heterocycles. The zero-order valence-electron chi connectivity index (χ0n) is 26.3. The number of sulfonamides is 1. The van der Waals surface area contributed by atoms with Gasteiger partial charge in [0.15, 0.2) is 11.4 Å². The first-order valence-corrected chi connectivity index (χ1v) is 16.8. The van der Waals surface area contributed by atoms with Crippen LogP contribution < -0.4 is 10.2 Å². The highest BCUT2D eigenvalue weighted by Crippen LogP contribution is 2.34. The normalized spacial score (nSPS) is 12.8. The number of anilines is 1. The molecule has 0 radical (unpaired) electrons. The van der Waals surface area contributed by atoms with Gasteiger partial charge in [0, 0.05) is 20.6 Å². The molecule has 43 heavy (non-hydrogen) atoms. The SMILES string of the molecule is C=C1NC(=O)N(Cc2ccc(C)cc2)c2nc(CSc3nc4cc(S(=O)(=O)N(C)C)ccc4o3)n(CC)c21.CC.CCC. The van der Waals surface area contributed by atoms with E-state index in [-0.39, 0.29) is 10.9 Å². The molecule has 1 aliphatic heterocycles. The Morgan fingerprint density at radius 3 is 2.30 bits per heavy atom. The molecule has 0 bridgehead atoms. The van der Waals surface area contributed by atoms with E-state index < -0.39 is 10.0 Å². The van der Waals surface area contributed by atoms with E-state index in [0.717, 1.165) is 27.0 Å². The second-order valence-corrected chi connectivity index (χ2v) is 12.9. The van der Waals surface area contributed by atoms with E-state index in [4.69, 9.17) is 9.40 Å². The number of carbonyl (C=O) groups excluding carboxylic acids is 1. The summed E-state index contributed by atoms with van der Waals surface area (Å²) in [4.78, 5) is 24.0. The van der Waals surface area contributed by atoms with Gasteiger partial charge in [-0.15, -0.1) is 0 Å². The second-order valence-electron chi connectivity index (χ2n) is 9.82. The number of carbonyl (C=O) groups is 1. The third kappa shape index (κ3) is 7.49. The van der Waals surface area contributed by atoms with Gasteiger partial charge in [0.25, 0.3) is 5.22 Å². The molecular weight excluding hydrogens is 585 g/mol. The fraction of sp³-hybridized carbons (Fsp3) is 0.387. The molecule has 0 saturated carbocycles. The number of hydrogen-bond donors (Lipinski definition) is 1. The van der Waals surface area contributed by atoms with Gasteiger partial charge in [-0.25, -0.2) is 27.5 Å². The molecule has 10 nitrogen and oxygen atoms in total. The predicted molar refractivity (Wildman–Crippen MR) is 175 cm³/mol. The molecule has 0 aliphatic carbocycles. The predicted octanol–water partition coefficient (Wildman–Crippen LogP) is 7.04. The molecule has 0 atom stereocenters. The number of thioether (sulfide) groups is 1.